The van der Waals surface area contributed by atoms with Gasteiger partial charge in [0.2, 0.25) is 0 Å². The molecule has 0 aliphatic carbocycles. The number of rotatable bonds is 7. The zero-order chi connectivity index (χ0) is 21.5. The van der Waals surface area contributed by atoms with Crippen LogP contribution >= 0.6 is 23.2 Å². The first-order chi connectivity index (χ1) is 14.5. The number of hydrogen-bond acceptors (Lipinski definition) is 4. The number of nitrogens with zero attached hydrogens (tertiary/aromatic N) is 1. The van der Waals surface area contributed by atoms with Crippen LogP contribution in [0.5, 0.6) is 11.5 Å². The van der Waals surface area contributed by atoms with Crippen molar-refractivity contribution in [3.05, 3.63) is 93.0 Å². The first kappa shape index (κ1) is 21.7. The summed E-state index contributed by atoms with van der Waals surface area (Å²) in [7, 11) is 1.55. The molecule has 0 heterocycles. The summed E-state index contributed by atoms with van der Waals surface area (Å²) in [4.78, 5) is 12.1. The average molecular weight is 443 g/mol. The zero-order valence-electron chi connectivity index (χ0n) is 16.5. The molecule has 0 aliphatic heterocycles. The van der Waals surface area contributed by atoms with Gasteiger partial charge in [-0.25, -0.2) is 5.43 Å². The molecule has 0 radical (unpaired) electrons. The molecule has 3 aromatic rings. The minimum absolute atomic E-state index is 0.203. The van der Waals surface area contributed by atoms with E-state index < -0.39 is 0 Å². The van der Waals surface area contributed by atoms with Crippen LogP contribution in [0, 0.1) is 6.92 Å². The summed E-state index contributed by atoms with van der Waals surface area (Å²) in [5, 5.41) is 5.08. The van der Waals surface area contributed by atoms with Crippen LogP contribution in [0.4, 0.5) is 0 Å². The summed E-state index contributed by atoms with van der Waals surface area (Å²) in [6.07, 6.45) is 1.53. The molecule has 5 nitrogen and oxygen atoms in total. The molecule has 1 amide bonds. The monoisotopic (exact) mass is 442 g/mol. The summed E-state index contributed by atoms with van der Waals surface area (Å²) < 4.78 is 11.2. The number of nitrogens with one attached hydrogen (secondary N) is 1. The fourth-order valence-corrected chi connectivity index (χ4v) is 3.15. The smallest absolute Gasteiger partial charge is 0.271 e. The van der Waals surface area contributed by atoms with E-state index in [1.807, 2.05) is 19.1 Å². The number of hydrogen-bond donors (Lipinski definition) is 1. The van der Waals surface area contributed by atoms with Crippen molar-refractivity contribution in [2.75, 3.05) is 7.11 Å². The lowest BCUT2D eigenvalue weighted by atomic mass is 10.1. The van der Waals surface area contributed by atoms with Gasteiger partial charge in [-0.15, -0.1) is 0 Å². The summed E-state index contributed by atoms with van der Waals surface area (Å²) in [6, 6.07) is 17.9. The summed E-state index contributed by atoms with van der Waals surface area (Å²) in [5.74, 6) is 0.774. The van der Waals surface area contributed by atoms with Crippen molar-refractivity contribution in [2.24, 2.45) is 5.10 Å². The number of ether oxygens (including phenoxy) is 2. The average Bonchev–Trinajstić information content (AvgIpc) is 2.74. The molecule has 0 aromatic heterocycles. The highest BCUT2D eigenvalue weighted by atomic mass is 35.5. The molecule has 7 heteroatoms. The van der Waals surface area contributed by atoms with E-state index in [1.54, 1.807) is 55.6 Å². The lowest BCUT2D eigenvalue weighted by Gasteiger charge is -2.13. The molecule has 0 spiro atoms. The molecule has 0 aliphatic rings. The van der Waals surface area contributed by atoms with E-state index in [1.165, 1.54) is 6.21 Å². The molecular weight excluding hydrogens is 423 g/mol. The van der Waals surface area contributed by atoms with E-state index in [-0.39, 0.29) is 12.5 Å². The second kappa shape index (κ2) is 10.1. The van der Waals surface area contributed by atoms with Gasteiger partial charge in [0.1, 0.15) is 6.61 Å². The third kappa shape index (κ3) is 5.53. The molecule has 0 bridgehead atoms. The Balaban J connectivity index is 1.65. The molecular formula is C23H20Cl2N2O3. The van der Waals surface area contributed by atoms with Gasteiger partial charge in [-0.05, 0) is 55.0 Å². The number of carbonyl (C=O) groups is 1. The molecule has 0 fully saturated rings. The minimum Gasteiger partial charge on any atom is -0.493 e. The molecule has 0 atom stereocenters. The number of benzene rings is 3. The molecule has 154 valence electrons. The van der Waals surface area contributed by atoms with E-state index in [2.05, 4.69) is 10.5 Å². The molecule has 3 rings (SSSR count). The van der Waals surface area contributed by atoms with Crippen LogP contribution in [-0.2, 0) is 6.61 Å². The largest absolute Gasteiger partial charge is 0.493 e. The van der Waals surface area contributed by atoms with Crippen molar-refractivity contribution in [3.63, 3.8) is 0 Å². The second-order valence-electron chi connectivity index (χ2n) is 6.46. The molecule has 30 heavy (non-hydrogen) atoms. The predicted molar refractivity (Wildman–Crippen MR) is 120 cm³/mol. The van der Waals surface area contributed by atoms with Gasteiger partial charge < -0.3 is 9.47 Å². The van der Waals surface area contributed by atoms with Gasteiger partial charge in [0, 0.05) is 21.2 Å². The van der Waals surface area contributed by atoms with E-state index in [4.69, 9.17) is 32.7 Å². The van der Waals surface area contributed by atoms with Crippen LogP contribution in [0.1, 0.15) is 27.0 Å². The van der Waals surface area contributed by atoms with Crippen LogP contribution < -0.4 is 14.9 Å². The Morgan fingerprint density at radius 1 is 1.03 bits per heavy atom. The number of amides is 1. The second-order valence-corrected chi connectivity index (χ2v) is 7.28. The van der Waals surface area contributed by atoms with Gasteiger partial charge in [0.05, 0.1) is 13.3 Å². The van der Waals surface area contributed by atoms with Crippen molar-refractivity contribution in [2.45, 2.75) is 13.5 Å². The van der Waals surface area contributed by atoms with E-state index in [0.29, 0.717) is 32.7 Å². The van der Waals surface area contributed by atoms with Gasteiger partial charge in [0.15, 0.2) is 11.5 Å². The number of hydrazone groups is 1. The summed E-state index contributed by atoms with van der Waals surface area (Å²) in [6.45, 7) is 2.17. The van der Waals surface area contributed by atoms with Crippen LogP contribution in [0.2, 0.25) is 10.0 Å². The fourth-order valence-electron chi connectivity index (χ4n) is 2.64. The third-order valence-electron chi connectivity index (χ3n) is 4.31. The topological polar surface area (TPSA) is 59.9 Å². The van der Waals surface area contributed by atoms with E-state index in [0.717, 1.165) is 11.1 Å². The highest BCUT2D eigenvalue weighted by molar-refractivity contribution is 6.35. The highest BCUT2D eigenvalue weighted by Gasteiger charge is 2.10. The Hall–Kier alpha value is -3.02. The van der Waals surface area contributed by atoms with Crippen LogP contribution in [-0.4, -0.2) is 19.2 Å². The molecule has 0 saturated heterocycles. The van der Waals surface area contributed by atoms with Crippen LogP contribution in [0.15, 0.2) is 65.8 Å². The Kier molecular flexibility index (Phi) is 7.33. The SMILES string of the molecule is COc1cc(/C=N\NC(=O)c2ccc(C)cc2)ccc1OCc1c(Cl)cccc1Cl. The lowest BCUT2D eigenvalue weighted by molar-refractivity contribution is 0.0955. The predicted octanol–water partition coefficient (Wildman–Crippen LogP) is 5.65. The van der Waals surface area contributed by atoms with Gasteiger partial charge >= 0.3 is 0 Å². The Bertz CT molecular complexity index is 1050. The van der Waals surface area contributed by atoms with Crippen molar-refractivity contribution in [1.29, 1.82) is 0 Å². The molecule has 0 unspecified atom stereocenters. The summed E-state index contributed by atoms with van der Waals surface area (Å²) in [5.41, 5.74) is 5.57. The Morgan fingerprint density at radius 3 is 2.40 bits per heavy atom. The van der Waals surface area contributed by atoms with Gasteiger partial charge in [-0.3, -0.25) is 4.79 Å². The third-order valence-corrected chi connectivity index (χ3v) is 5.02. The lowest BCUT2D eigenvalue weighted by Crippen LogP contribution is -2.17. The van der Waals surface area contributed by atoms with Crippen LogP contribution in [0.3, 0.4) is 0 Å². The number of aryl methyl sites for hydroxylation is 1. The van der Waals surface area contributed by atoms with Crippen molar-refractivity contribution >= 4 is 35.3 Å². The van der Waals surface area contributed by atoms with Gasteiger partial charge in [-0.1, -0.05) is 47.0 Å². The van der Waals surface area contributed by atoms with E-state index >= 15 is 0 Å². The first-order valence-electron chi connectivity index (χ1n) is 9.11. The Morgan fingerprint density at radius 2 is 1.73 bits per heavy atom. The molecule has 3 aromatic carbocycles. The van der Waals surface area contributed by atoms with Gasteiger partial charge in [0.25, 0.3) is 5.91 Å². The van der Waals surface area contributed by atoms with Crippen molar-refractivity contribution in [3.8, 4) is 11.5 Å². The molecule has 0 saturated carbocycles. The molecule has 1 N–H and O–H groups in total. The maximum atomic E-state index is 12.1. The standard InChI is InChI=1S/C23H20Cl2N2O3/c1-15-6-9-17(10-7-15)23(28)27-26-13-16-8-11-21(22(12-16)29-2)30-14-18-19(24)4-3-5-20(18)25/h3-13H,14H2,1-2H3,(H,27,28)/b26-13-. The first-order valence-corrected chi connectivity index (χ1v) is 9.87. The normalized spacial score (nSPS) is 10.8. The minimum atomic E-state index is -0.283. The maximum absolute atomic E-state index is 12.1. The number of methoxy groups -OCH3 is 1. The summed E-state index contributed by atoms with van der Waals surface area (Å²) >= 11 is 12.4. The highest BCUT2D eigenvalue weighted by Crippen LogP contribution is 2.31. The number of halogens is 2. The van der Waals surface area contributed by atoms with Crippen molar-refractivity contribution < 1.29 is 14.3 Å². The number of carbonyl (C=O) groups excluding carboxylic acids is 1. The van der Waals surface area contributed by atoms with E-state index in [9.17, 15) is 4.79 Å². The Labute approximate surface area is 185 Å². The van der Waals surface area contributed by atoms with Crippen LogP contribution in [0.25, 0.3) is 0 Å². The quantitative estimate of drug-likeness (QED) is 0.379. The maximum Gasteiger partial charge on any atom is 0.271 e. The zero-order valence-corrected chi connectivity index (χ0v) is 18.0. The fraction of sp³-hybridized carbons (Fsp3) is 0.130. The van der Waals surface area contributed by atoms with Crippen molar-refractivity contribution in [1.82, 2.24) is 5.43 Å². The van der Waals surface area contributed by atoms with Gasteiger partial charge in [-0.2, -0.15) is 5.10 Å².